The van der Waals surface area contributed by atoms with Crippen molar-refractivity contribution >= 4 is 17.7 Å². The number of hydrogen-bond acceptors (Lipinski definition) is 6. The minimum Gasteiger partial charge on any atom is -0.345 e. The number of nitrogens with zero attached hydrogens (tertiary/aromatic N) is 4. The van der Waals surface area contributed by atoms with E-state index in [0.717, 1.165) is 12.8 Å². The molecule has 2 aliphatic rings. The maximum Gasteiger partial charge on any atom is 0.255 e. The number of carbonyl (C=O) groups excluding carboxylic acids is 3. The second-order valence-electron chi connectivity index (χ2n) is 7.36. The molecule has 0 saturated heterocycles. The number of benzene rings is 1. The van der Waals surface area contributed by atoms with Gasteiger partial charge < -0.3 is 19.6 Å². The molecule has 29 heavy (non-hydrogen) atoms. The zero-order valence-electron chi connectivity index (χ0n) is 16.4. The van der Waals surface area contributed by atoms with Crippen LogP contribution in [-0.2, 0) is 22.6 Å². The third kappa shape index (κ3) is 3.72. The van der Waals surface area contributed by atoms with Crippen molar-refractivity contribution in [3.8, 4) is 0 Å². The highest BCUT2D eigenvalue weighted by atomic mass is 16.5. The number of nitrogens with one attached hydrogen (secondary N) is 1. The van der Waals surface area contributed by atoms with Gasteiger partial charge in [0.2, 0.25) is 17.7 Å². The Morgan fingerprint density at radius 1 is 1.31 bits per heavy atom. The molecule has 1 unspecified atom stereocenters. The number of aromatic nitrogens is 2. The Balaban J connectivity index is 1.39. The predicted molar refractivity (Wildman–Crippen MR) is 102 cm³/mol. The molecular weight excluding hydrogens is 374 g/mol. The lowest BCUT2D eigenvalue weighted by molar-refractivity contribution is -0.133. The Morgan fingerprint density at radius 3 is 2.76 bits per heavy atom. The van der Waals surface area contributed by atoms with E-state index in [9.17, 15) is 14.4 Å². The van der Waals surface area contributed by atoms with Gasteiger partial charge in [-0.05, 0) is 24.5 Å². The Hall–Kier alpha value is -3.23. The van der Waals surface area contributed by atoms with Gasteiger partial charge in [0.25, 0.3) is 5.91 Å². The van der Waals surface area contributed by atoms with Gasteiger partial charge in [-0.25, -0.2) is 0 Å². The van der Waals surface area contributed by atoms with Gasteiger partial charge in [0.1, 0.15) is 6.04 Å². The summed E-state index contributed by atoms with van der Waals surface area (Å²) in [7, 11) is 1.61. The summed E-state index contributed by atoms with van der Waals surface area (Å²) >= 11 is 0. The van der Waals surface area contributed by atoms with Crippen LogP contribution in [0.25, 0.3) is 0 Å². The number of carbonyl (C=O) groups is 3. The van der Waals surface area contributed by atoms with E-state index >= 15 is 0 Å². The molecule has 4 rings (SSSR count). The normalized spacial score (nSPS) is 17.9. The maximum atomic E-state index is 12.9. The van der Waals surface area contributed by atoms with E-state index in [2.05, 4.69) is 15.5 Å². The monoisotopic (exact) mass is 397 g/mol. The van der Waals surface area contributed by atoms with Gasteiger partial charge in [-0.1, -0.05) is 30.3 Å². The second-order valence-corrected chi connectivity index (χ2v) is 7.36. The Kier molecular flexibility index (Phi) is 5.04. The van der Waals surface area contributed by atoms with E-state index in [1.807, 2.05) is 13.0 Å². The van der Waals surface area contributed by atoms with Gasteiger partial charge in [-0.2, -0.15) is 4.98 Å². The minimum absolute atomic E-state index is 0.0920. The third-order valence-electron chi connectivity index (χ3n) is 5.23. The lowest BCUT2D eigenvalue weighted by atomic mass is 10.0. The van der Waals surface area contributed by atoms with Gasteiger partial charge in [-0.3, -0.25) is 14.4 Å². The molecule has 1 aliphatic heterocycles. The molecule has 1 aromatic heterocycles. The molecule has 9 heteroatoms. The number of amides is 3. The fourth-order valence-electron chi connectivity index (χ4n) is 3.52. The van der Waals surface area contributed by atoms with Crippen molar-refractivity contribution in [3.63, 3.8) is 0 Å². The summed E-state index contributed by atoms with van der Waals surface area (Å²) in [6.45, 7) is 1.91. The van der Waals surface area contributed by atoms with Crippen molar-refractivity contribution in [2.24, 2.45) is 0 Å². The average molecular weight is 397 g/mol. The summed E-state index contributed by atoms with van der Waals surface area (Å²) in [5.41, 5.74) is 1.26. The van der Waals surface area contributed by atoms with Crippen LogP contribution in [0.15, 0.2) is 28.8 Å². The van der Waals surface area contributed by atoms with Crippen LogP contribution in [-0.4, -0.2) is 57.3 Å². The topological polar surface area (TPSA) is 109 Å². The molecule has 0 radical (unpaired) electrons. The Bertz CT molecular complexity index is 952. The van der Waals surface area contributed by atoms with Gasteiger partial charge in [0.05, 0.1) is 13.1 Å². The zero-order valence-corrected chi connectivity index (χ0v) is 16.4. The smallest absolute Gasteiger partial charge is 0.255 e. The molecule has 1 aliphatic carbocycles. The molecule has 1 saturated carbocycles. The highest BCUT2D eigenvalue weighted by Crippen LogP contribution is 2.41. The molecule has 1 aromatic carbocycles. The van der Waals surface area contributed by atoms with E-state index in [1.165, 1.54) is 4.90 Å². The molecule has 0 bridgehead atoms. The van der Waals surface area contributed by atoms with Crippen LogP contribution in [0, 0.1) is 0 Å². The van der Waals surface area contributed by atoms with Crippen LogP contribution in [0.3, 0.4) is 0 Å². The number of fused-ring (bicyclic) bond motifs is 1. The number of aryl methyl sites for hydroxylation is 1. The van der Waals surface area contributed by atoms with Crippen molar-refractivity contribution < 1.29 is 18.9 Å². The van der Waals surface area contributed by atoms with Crippen molar-refractivity contribution in [1.82, 2.24) is 25.3 Å². The first-order valence-corrected chi connectivity index (χ1v) is 9.74. The summed E-state index contributed by atoms with van der Waals surface area (Å²) in [6, 6.07) is 6.56. The molecule has 0 spiro atoms. The predicted octanol–water partition coefficient (Wildman–Crippen LogP) is 1.07. The fourth-order valence-corrected chi connectivity index (χ4v) is 3.52. The van der Waals surface area contributed by atoms with Crippen molar-refractivity contribution in [2.75, 3.05) is 13.6 Å². The van der Waals surface area contributed by atoms with Gasteiger partial charge in [0.15, 0.2) is 5.82 Å². The molecule has 152 valence electrons. The molecular formula is C20H23N5O4. The van der Waals surface area contributed by atoms with Crippen molar-refractivity contribution in [3.05, 3.63) is 47.1 Å². The summed E-state index contributed by atoms with van der Waals surface area (Å²) < 4.78 is 5.09. The largest absolute Gasteiger partial charge is 0.345 e. The van der Waals surface area contributed by atoms with Crippen LogP contribution in [0.1, 0.15) is 53.4 Å². The standard InChI is InChI=1S/C20H23N5O4/c1-3-15-22-16(29-23-15)11-24(2)17(26)10-21-19(27)18-13-6-4-5-7-14(13)20(28)25(18)12-8-9-12/h4-7,12,18H,3,8-11H2,1-2H3,(H,21,27). The highest BCUT2D eigenvalue weighted by Gasteiger charge is 2.47. The average Bonchev–Trinajstić information content (AvgIpc) is 3.39. The first-order chi connectivity index (χ1) is 14.0. The minimum atomic E-state index is -0.688. The van der Waals surface area contributed by atoms with Crippen LogP contribution in [0.4, 0.5) is 0 Å². The zero-order chi connectivity index (χ0) is 20.5. The quantitative estimate of drug-likeness (QED) is 0.749. The van der Waals surface area contributed by atoms with E-state index in [4.69, 9.17) is 4.52 Å². The lowest BCUT2D eigenvalue weighted by Crippen LogP contribution is -2.44. The van der Waals surface area contributed by atoms with Crippen molar-refractivity contribution in [2.45, 2.75) is 44.8 Å². The third-order valence-corrected chi connectivity index (χ3v) is 5.23. The van der Waals surface area contributed by atoms with Gasteiger partial charge in [0, 0.05) is 25.1 Å². The number of hydrogen-bond donors (Lipinski definition) is 1. The second kappa shape index (κ2) is 7.65. The lowest BCUT2D eigenvalue weighted by Gasteiger charge is -2.24. The maximum absolute atomic E-state index is 12.9. The molecule has 2 heterocycles. The Labute approximate surface area is 168 Å². The summed E-state index contributed by atoms with van der Waals surface area (Å²) in [5.74, 6) is 0.182. The van der Waals surface area contributed by atoms with E-state index in [0.29, 0.717) is 29.3 Å². The van der Waals surface area contributed by atoms with E-state index in [-0.39, 0.29) is 36.9 Å². The first-order valence-electron chi connectivity index (χ1n) is 9.74. The highest BCUT2D eigenvalue weighted by molar-refractivity contribution is 6.05. The van der Waals surface area contributed by atoms with Crippen LogP contribution in [0.2, 0.25) is 0 Å². The van der Waals surface area contributed by atoms with E-state index in [1.54, 1.807) is 30.1 Å². The number of likely N-dealkylation sites (N-methyl/N-ethyl adjacent to an activating group) is 1. The molecule has 1 N–H and O–H groups in total. The summed E-state index contributed by atoms with van der Waals surface area (Å²) in [4.78, 5) is 45.3. The molecule has 2 aromatic rings. The molecule has 1 atom stereocenters. The van der Waals surface area contributed by atoms with Crippen molar-refractivity contribution in [1.29, 1.82) is 0 Å². The molecule has 9 nitrogen and oxygen atoms in total. The summed E-state index contributed by atoms with van der Waals surface area (Å²) in [5, 5.41) is 6.49. The SMILES string of the molecule is CCc1noc(CN(C)C(=O)CNC(=O)C2c3ccccc3C(=O)N2C2CC2)n1. The van der Waals surface area contributed by atoms with Gasteiger partial charge in [-0.15, -0.1) is 0 Å². The van der Waals surface area contributed by atoms with E-state index < -0.39 is 6.04 Å². The Morgan fingerprint density at radius 2 is 2.07 bits per heavy atom. The molecule has 3 amide bonds. The fraction of sp³-hybridized carbons (Fsp3) is 0.450. The van der Waals surface area contributed by atoms with Crippen LogP contribution >= 0.6 is 0 Å². The number of rotatable bonds is 7. The summed E-state index contributed by atoms with van der Waals surface area (Å²) in [6.07, 6.45) is 2.44. The molecule has 1 fully saturated rings. The van der Waals surface area contributed by atoms with Crippen LogP contribution < -0.4 is 5.32 Å². The first kappa shape index (κ1) is 19.1. The van der Waals surface area contributed by atoms with Gasteiger partial charge >= 0.3 is 0 Å². The van der Waals surface area contributed by atoms with Crippen LogP contribution in [0.5, 0.6) is 0 Å².